The minimum atomic E-state index is -0.539. The van der Waals surface area contributed by atoms with Gasteiger partial charge in [-0.3, -0.25) is 10.1 Å². The van der Waals surface area contributed by atoms with Crippen molar-refractivity contribution in [1.29, 1.82) is 0 Å². The molecule has 2 aromatic rings. The van der Waals surface area contributed by atoms with E-state index >= 15 is 0 Å². The zero-order valence-electron chi connectivity index (χ0n) is 15.3. The molecule has 3 rings (SSSR count). The Balaban J connectivity index is 1.49. The van der Waals surface area contributed by atoms with Gasteiger partial charge in [-0.1, -0.05) is 6.07 Å². The number of carbonyl (C=O) groups is 2. The molecule has 0 saturated carbocycles. The number of imide groups is 1. The molecule has 0 bridgehead atoms. The number of carbonyl (C=O) groups excluding carboxylic acids is 2. The van der Waals surface area contributed by atoms with Gasteiger partial charge in [-0.2, -0.15) is 0 Å². The fourth-order valence-electron chi connectivity index (χ4n) is 2.53. The average Bonchev–Trinajstić information content (AvgIpc) is 2.88. The lowest BCUT2D eigenvalue weighted by atomic mass is 10.1. The van der Waals surface area contributed by atoms with Gasteiger partial charge >= 0.3 is 6.03 Å². The quantitative estimate of drug-likeness (QED) is 0.779. The zero-order valence-corrected chi connectivity index (χ0v) is 16.2. The van der Waals surface area contributed by atoms with E-state index in [2.05, 4.69) is 10.6 Å². The van der Waals surface area contributed by atoms with E-state index in [9.17, 15) is 9.59 Å². The smallest absolute Gasteiger partial charge is 0.325 e. The fraction of sp³-hybridized carbons (Fsp3) is 0.300. The number of amides is 3. The van der Waals surface area contributed by atoms with Crippen LogP contribution in [0.1, 0.15) is 17.5 Å². The topological polar surface area (TPSA) is 76.7 Å². The van der Waals surface area contributed by atoms with E-state index in [0.717, 1.165) is 22.4 Å². The normalized spacial score (nSPS) is 12.8. The lowest BCUT2D eigenvalue weighted by Gasteiger charge is -2.10. The number of urea groups is 1. The molecule has 142 valence electrons. The first-order valence-corrected chi connectivity index (χ1v) is 9.70. The van der Waals surface area contributed by atoms with Gasteiger partial charge in [0.2, 0.25) is 5.91 Å². The van der Waals surface area contributed by atoms with E-state index in [-0.39, 0.29) is 11.7 Å². The molecule has 0 spiro atoms. The van der Waals surface area contributed by atoms with Crippen LogP contribution in [0.3, 0.4) is 0 Å². The standard InChI is InChI=1S/C20H22N2O4S/c1-13-4-5-15(10-14(13)2)21-20(24)22-19(23)12-27-16-6-7-17-18(11-16)26-9-3-8-25-17/h4-7,10-11H,3,8-9,12H2,1-2H3,(H2,21,22,23,24). The molecule has 0 unspecified atom stereocenters. The van der Waals surface area contributed by atoms with E-state index in [0.29, 0.717) is 30.4 Å². The highest BCUT2D eigenvalue weighted by molar-refractivity contribution is 8.00. The monoisotopic (exact) mass is 386 g/mol. The van der Waals surface area contributed by atoms with Crippen LogP contribution in [0.2, 0.25) is 0 Å². The van der Waals surface area contributed by atoms with E-state index < -0.39 is 6.03 Å². The minimum absolute atomic E-state index is 0.125. The number of ether oxygens (including phenoxy) is 2. The molecule has 7 heteroatoms. The second-order valence-electron chi connectivity index (χ2n) is 6.25. The van der Waals surface area contributed by atoms with Crippen molar-refractivity contribution in [3.05, 3.63) is 47.5 Å². The number of fused-ring (bicyclic) bond motifs is 1. The first-order valence-electron chi connectivity index (χ1n) is 8.72. The van der Waals surface area contributed by atoms with Gasteiger partial charge in [0, 0.05) is 17.0 Å². The molecule has 1 aliphatic heterocycles. The molecule has 0 aromatic heterocycles. The largest absolute Gasteiger partial charge is 0.490 e. The van der Waals surface area contributed by atoms with Crippen LogP contribution in [0.5, 0.6) is 11.5 Å². The Labute approximate surface area is 162 Å². The maximum Gasteiger partial charge on any atom is 0.325 e. The third kappa shape index (κ3) is 5.40. The zero-order chi connectivity index (χ0) is 19.2. The predicted octanol–water partition coefficient (Wildman–Crippen LogP) is 3.91. The Morgan fingerprint density at radius 2 is 1.78 bits per heavy atom. The summed E-state index contributed by atoms with van der Waals surface area (Å²) in [6.45, 7) is 5.22. The highest BCUT2D eigenvalue weighted by Crippen LogP contribution is 2.33. The van der Waals surface area contributed by atoms with Gasteiger partial charge in [0.1, 0.15) is 0 Å². The average molecular weight is 386 g/mol. The van der Waals surface area contributed by atoms with Gasteiger partial charge < -0.3 is 14.8 Å². The summed E-state index contributed by atoms with van der Waals surface area (Å²) in [6, 6.07) is 10.6. The van der Waals surface area contributed by atoms with Gasteiger partial charge in [0.05, 0.1) is 19.0 Å². The molecule has 0 atom stereocenters. The molecule has 2 N–H and O–H groups in total. The number of aryl methyl sites for hydroxylation is 2. The summed E-state index contributed by atoms with van der Waals surface area (Å²) >= 11 is 1.33. The molecule has 6 nitrogen and oxygen atoms in total. The van der Waals surface area contributed by atoms with E-state index in [1.54, 1.807) is 6.07 Å². The molecule has 27 heavy (non-hydrogen) atoms. The number of hydrogen-bond donors (Lipinski definition) is 2. The van der Waals surface area contributed by atoms with Crippen LogP contribution in [0.15, 0.2) is 41.3 Å². The maximum atomic E-state index is 12.0. The number of thioether (sulfide) groups is 1. The lowest BCUT2D eigenvalue weighted by molar-refractivity contribution is -0.117. The third-order valence-corrected chi connectivity index (χ3v) is 5.10. The van der Waals surface area contributed by atoms with Gasteiger partial charge in [-0.15, -0.1) is 11.8 Å². The summed E-state index contributed by atoms with van der Waals surface area (Å²) in [4.78, 5) is 24.9. The first kappa shape index (κ1) is 19.1. The summed E-state index contributed by atoms with van der Waals surface area (Å²) in [5.41, 5.74) is 2.87. The number of anilines is 1. The second kappa shape index (κ2) is 8.81. The summed E-state index contributed by atoms with van der Waals surface area (Å²) in [5, 5.41) is 5.01. The van der Waals surface area contributed by atoms with Crippen LogP contribution in [0.25, 0.3) is 0 Å². The number of hydrogen-bond acceptors (Lipinski definition) is 5. The van der Waals surface area contributed by atoms with E-state index in [4.69, 9.17) is 9.47 Å². The number of rotatable bonds is 4. The molecule has 0 aliphatic carbocycles. The lowest BCUT2D eigenvalue weighted by Crippen LogP contribution is -2.35. The van der Waals surface area contributed by atoms with Crippen LogP contribution < -0.4 is 20.1 Å². The Morgan fingerprint density at radius 3 is 2.56 bits per heavy atom. The molecular formula is C20H22N2O4S. The van der Waals surface area contributed by atoms with Gasteiger partial charge in [-0.05, 0) is 55.3 Å². The highest BCUT2D eigenvalue weighted by atomic mass is 32.2. The summed E-state index contributed by atoms with van der Waals surface area (Å²) < 4.78 is 11.2. The Morgan fingerprint density at radius 1 is 1.00 bits per heavy atom. The van der Waals surface area contributed by atoms with Crippen molar-refractivity contribution in [1.82, 2.24) is 5.32 Å². The van der Waals surface area contributed by atoms with Crippen molar-refractivity contribution in [3.8, 4) is 11.5 Å². The van der Waals surface area contributed by atoms with Crippen LogP contribution in [-0.4, -0.2) is 30.9 Å². The van der Waals surface area contributed by atoms with Crippen molar-refractivity contribution in [2.45, 2.75) is 25.2 Å². The minimum Gasteiger partial charge on any atom is -0.490 e. The molecule has 0 fully saturated rings. The first-order chi connectivity index (χ1) is 13.0. The summed E-state index contributed by atoms with van der Waals surface area (Å²) in [7, 11) is 0. The van der Waals surface area contributed by atoms with Crippen LogP contribution >= 0.6 is 11.8 Å². The Kier molecular flexibility index (Phi) is 6.24. The highest BCUT2D eigenvalue weighted by Gasteiger charge is 2.13. The Hall–Kier alpha value is -2.67. The fourth-order valence-corrected chi connectivity index (χ4v) is 3.25. The maximum absolute atomic E-state index is 12.0. The van der Waals surface area contributed by atoms with E-state index in [1.165, 1.54) is 11.8 Å². The molecule has 3 amide bonds. The SMILES string of the molecule is Cc1ccc(NC(=O)NC(=O)CSc2ccc3c(c2)OCCCO3)cc1C. The predicted molar refractivity (Wildman–Crippen MR) is 106 cm³/mol. The van der Waals surface area contributed by atoms with Gasteiger partial charge in [-0.25, -0.2) is 4.79 Å². The third-order valence-electron chi connectivity index (χ3n) is 4.11. The van der Waals surface area contributed by atoms with Crippen molar-refractivity contribution in [2.24, 2.45) is 0 Å². The second-order valence-corrected chi connectivity index (χ2v) is 7.30. The van der Waals surface area contributed by atoms with Crippen LogP contribution in [-0.2, 0) is 4.79 Å². The molecule has 1 heterocycles. The van der Waals surface area contributed by atoms with Crippen molar-refractivity contribution < 1.29 is 19.1 Å². The molecule has 0 radical (unpaired) electrons. The molecular weight excluding hydrogens is 364 g/mol. The molecule has 1 aliphatic rings. The van der Waals surface area contributed by atoms with Crippen molar-refractivity contribution in [2.75, 3.05) is 24.3 Å². The van der Waals surface area contributed by atoms with Crippen molar-refractivity contribution >= 4 is 29.4 Å². The molecule has 0 saturated heterocycles. The van der Waals surface area contributed by atoms with Crippen molar-refractivity contribution in [3.63, 3.8) is 0 Å². The number of benzene rings is 2. The Bertz CT molecular complexity index is 854. The van der Waals surface area contributed by atoms with Crippen LogP contribution in [0, 0.1) is 13.8 Å². The van der Waals surface area contributed by atoms with Gasteiger partial charge in [0.25, 0.3) is 0 Å². The van der Waals surface area contributed by atoms with Crippen LogP contribution in [0.4, 0.5) is 10.5 Å². The number of nitrogens with one attached hydrogen (secondary N) is 2. The summed E-state index contributed by atoms with van der Waals surface area (Å²) in [6.07, 6.45) is 0.842. The van der Waals surface area contributed by atoms with Gasteiger partial charge in [0.15, 0.2) is 11.5 Å². The van der Waals surface area contributed by atoms with E-state index in [1.807, 2.05) is 44.2 Å². The molecule has 2 aromatic carbocycles. The summed E-state index contributed by atoms with van der Waals surface area (Å²) in [5.74, 6) is 1.16.